The van der Waals surface area contributed by atoms with E-state index in [1.807, 2.05) is 62.5 Å². The third kappa shape index (κ3) is 5.30. The van der Waals surface area contributed by atoms with E-state index in [-0.39, 0.29) is 18.9 Å². The van der Waals surface area contributed by atoms with Crippen LogP contribution in [0.25, 0.3) is 10.2 Å². The lowest BCUT2D eigenvalue weighted by Crippen LogP contribution is -2.20. The minimum absolute atomic E-state index is 0.0303. The van der Waals surface area contributed by atoms with Crippen LogP contribution in [0.1, 0.15) is 35.0 Å². The molecule has 4 rings (SSSR count). The van der Waals surface area contributed by atoms with Gasteiger partial charge in [-0.25, -0.2) is 9.78 Å². The first-order valence-electron chi connectivity index (χ1n) is 10.6. The van der Waals surface area contributed by atoms with Gasteiger partial charge in [-0.2, -0.15) is 0 Å². The van der Waals surface area contributed by atoms with Crippen molar-refractivity contribution in [2.45, 2.75) is 32.5 Å². The minimum atomic E-state index is -0.877. The molecule has 170 valence electrons. The largest absolute Gasteiger partial charge is 0.461 e. The Bertz CT molecular complexity index is 1300. The molecular weight excluding hydrogens is 438 g/mol. The zero-order valence-corrected chi connectivity index (χ0v) is 19.3. The number of anilines is 1. The number of thiophene rings is 1. The maximum absolute atomic E-state index is 12.7. The van der Waals surface area contributed by atoms with E-state index >= 15 is 0 Å². The molecule has 2 aromatic heterocycles. The SMILES string of the molecule is Cc1c(N(C)Cc2ccccc2)sc2nc(C(N)CC(=O)OCc3ccccc3)oc(=O)c12. The Morgan fingerprint density at radius 2 is 1.76 bits per heavy atom. The molecule has 8 heteroatoms. The molecule has 0 bridgehead atoms. The smallest absolute Gasteiger partial charge is 0.348 e. The van der Waals surface area contributed by atoms with E-state index in [0.717, 1.165) is 21.7 Å². The lowest BCUT2D eigenvalue weighted by molar-refractivity contribution is -0.145. The Hall–Kier alpha value is -3.49. The monoisotopic (exact) mass is 463 g/mol. The van der Waals surface area contributed by atoms with Gasteiger partial charge in [0.05, 0.1) is 17.5 Å². The molecule has 7 nitrogen and oxygen atoms in total. The third-order valence-electron chi connectivity index (χ3n) is 5.27. The topological polar surface area (TPSA) is 98.7 Å². The Morgan fingerprint density at radius 3 is 2.42 bits per heavy atom. The highest BCUT2D eigenvalue weighted by Gasteiger charge is 2.22. The summed E-state index contributed by atoms with van der Waals surface area (Å²) in [7, 11) is 1.97. The quantitative estimate of drug-likeness (QED) is 0.388. The van der Waals surface area contributed by atoms with E-state index in [0.29, 0.717) is 16.8 Å². The number of hydrogen-bond donors (Lipinski definition) is 1. The number of hydrogen-bond acceptors (Lipinski definition) is 8. The number of carbonyl (C=O) groups is 1. The van der Waals surface area contributed by atoms with Crippen molar-refractivity contribution in [3.05, 3.63) is 93.7 Å². The van der Waals surface area contributed by atoms with Crippen molar-refractivity contribution in [1.82, 2.24) is 4.98 Å². The van der Waals surface area contributed by atoms with E-state index in [2.05, 4.69) is 22.0 Å². The number of rotatable bonds is 8. The van der Waals surface area contributed by atoms with E-state index in [9.17, 15) is 9.59 Å². The summed E-state index contributed by atoms with van der Waals surface area (Å²) in [6.45, 7) is 2.73. The maximum atomic E-state index is 12.7. The molecule has 0 spiro atoms. The molecule has 1 atom stereocenters. The number of benzene rings is 2. The van der Waals surface area contributed by atoms with Gasteiger partial charge in [-0.05, 0) is 18.1 Å². The van der Waals surface area contributed by atoms with Crippen LogP contribution in [-0.2, 0) is 22.7 Å². The fraction of sp³-hybridized carbons (Fsp3) is 0.240. The second-order valence-corrected chi connectivity index (χ2v) is 8.83. The summed E-state index contributed by atoms with van der Waals surface area (Å²) in [4.78, 5) is 32.0. The lowest BCUT2D eigenvalue weighted by Gasteiger charge is -2.18. The fourth-order valence-electron chi connectivity index (χ4n) is 3.59. The molecule has 33 heavy (non-hydrogen) atoms. The summed E-state index contributed by atoms with van der Waals surface area (Å²) in [5, 5.41) is 1.37. The van der Waals surface area contributed by atoms with Gasteiger partial charge in [-0.15, -0.1) is 0 Å². The predicted octanol–water partition coefficient (Wildman–Crippen LogP) is 4.33. The summed E-state index contributed by atoms with van der Waals surface area (Å²) in [5.74, 6) is -0.454. The van der Waals surface area contributed by atoms with Crippen molar-refractivity contribution in [3.63, 3.8) is 0 Å². The summed E-state index contributed by atoms with van der Waals surface area (Å²) < 4.78 is 10.7. The molecule has 1 unspecified atom stereocenters. The van der Waals surface area contributed by atoms with Crippen LogP contribution in [-0.4, -0.2) is 18.0 Å². The number of nitrogens with two attached hydrogens (primary N) is 1. The summed E-state index contributed by atoms with van der Waals surface area (Å²) >= 11 is 1.41. The Labute approximate surface area is 195 Å². The predicted molar refractivity (Wildman–Crippen MR) is 129 cm³/mol. The number of aromatic nitrogens is 1. The van der Waals surface area contributed by atoms with Crippen molar-refractivity contribution in [3.8, 4) is 0 Å². The fourth-order valence-corrected chi connectivity index (χ4v) is 4.72. The normalized spacial score (nSPS) is 12.0. The Balaban J connectivity index is 1.49. The van der Waals surface area contributed by atoms with Gasteiger partial charge in [-0.1, -0.05) is 72.0 Å². The van der Waals surface area contributed by atoms with Crippen molar-refractivity contribution in [2.75, 3.05) is 11.9 Å². The van der Waals surface area contributed by atoms with E-state index in [1.165, 1.54) is 11.3 Å². The van der Waals surface area contributed by atoms with Gasteiger partial charge < -0.3 is 19.8 Å². The molecule has 0 aliphatic rings. The van der Waals surface area contributed by atoms with E-state index in [1.54, 1.807) is 0 Å². The average Bonchev–Trinajstić information content (AvgIpc) is 3.16. The molecule has 0 saturated carbocycles. The van der Waals surface area contributed by atoms with Crippen LogP contribution >= 0.6 is 11.3 Å². The number of nitrogens with zero attached hydrogens (tertiary/aromatic N) is 2. The highest BCUT2D eigenvalue weighted by atomic mass is 32.1. The molecule has 0 radical (unpaired) electrons. The van der Waals surface area contributed by atoms with Crippen LogP contribution < -0.4 is 16.3 Å². The third-order valence-corrected chi connectivity index (χ3v) is 6.57. The van der Waals surface area contributed by atoms with Crippen LogP contribution in [0.5, 0.6) is 0 Å². The first kappa shape index (κ1) is 22.7. The molecule has 0 fully saturated rings. The first-order chi connectivity index (χ1) is 15.9. The molecule has 0 aliphatic heterocycles. The van der Waals surface area contributed by atoms with Crippen molar-refractivity contribution < 1.29 is 13.9 Å². The molecular formula is C25H25N3O4S. The first-order valence-corrected chi connectivity index (χ1v) is 11.4. The minimum Gasteiger partial charge on any atom is -0.461 e. The Morgan fingerprint density at radius 1 is 1.12 bits per heavy atom. The van der Waals surface area contributed by atoms with Gasteiger partial charge in [0.2, 0.25) is 5.89 Å². The van der Waals surface area contributed by atoms with Gasteiger partial charge in [0.25, 0.3) is 0 Å². The lowest BCUT2D eigenvalue weighted by atomic mass is 10.2. The standard InChI is InChI=1S/C25H25N3O4S/c1-16-21-23(33-24(16)28(2)14-17-9-5-3-6-10-17)27-22(32-25(21)30)19(26)13-20(29)31-15-18-11-7-4-8-12-18/h3-12,19H,13-15,26H2,1-2H3. The molecule has 2 heterocycles. The van der Waals surface area contributed by atoms with Crippen LogP contribution in [0, 0.1) is 6.92 Å². The van der Waals surface area contributed by atoms with Gasteiger partial charge >= 0.3 is 11.6 Å². The molecule has 0 aliphatic carbocycles. The maximum Gasteiger partial charge on any atom is 0.348 e. The van der Waals surface area contributed by atoms with Gasteiger partial charge in [0.1, 0.15) is 16.8 Å². The van der Waals surface area contributed by atoms with E-state index in [4.69, 9.17) is 14.9 Å². The highest BCUT2D eigenvalue weighted by Crippen LogP contribution is 2.35. The van der Waals surface area contributed by atoms with Crippen LogP contribution in [0.4, 0.5) is 5.00 Å². The van der Waals surface area contributed by atoms with Crippen molar-refractivity contribution >= 4 is 32.5 Å². The zero-order chi connectivity index (χ0) is 23.4. The molecule has 2 aromatic carbocycles. The van der Waals surface area contributed by atoms with Crippen molar-refractivity contribution in [2.24, 2.45) is 5.73 Å². The second kappa shape index (κ2) is 9.97. The van der Waals surface area contributed by atoms with Gasteiger partial charge in [0, 0.05) is 19.2 Å². The van der Waals surface area contributed by atoms with E-state index < -0.39 is 17.6 Å². The molecule has 2 N–H and O–H groups in total. The molecule has 0 saturated heterocycles. The highest BCUT2D eigenvalue weighted by molar-refractivity contribution is 7.22. The van der Waals surface area contributed by atoms with Crippen LogP contribution in [0.3, 0.4) is 0 Å². The number of ether oxygens (including phenoxy) is 1. The average molecular weight is 464 g/mol. The van der Waals surface area contributed by atoms with Crippen LogP contribution in [0.15, 0.2) is 69.9 Å². The molecule has 4 aromatic rings. The Kier molecular flexibility index (Phi) is 6.86. The summed E-state index contributed by atoms with van der Waals surface area (Å²) in [6, 6.07) is 18.6. The summed E-state index contributed by atoms with van der Waals surface area (Å²) in [6.07, 6.45) is -0.139. The van der Waals surface area contributed by atoms with Crippen molar-refractivity contribution in [1.29, 1.82) is 0 Å². The molecule has 0 amide bonds. The summed E-state index contributed by atoms with van der Waals surface area (Å²) in [5.41, 5.74) is 8.49. The number of esters is 1. The van der Waals surface area contributed by atoms with Gasteiger partial charge in [-0.3, -0.25) is 4.79 Å². The number of carbonyl (C=O) groups excluding carboxylic acids is 1. The number of aryl methyl sites for hydroxylation is 1. The zero-order valence-electron chi connectivity index (χ0n) is 18.5. The van der Waals surface area contributed by atoms with Crippen LogP contribution in [0.2, 0.25) is 0 Å². The van der Waals surface area contributed by atoms with Gasteiger partial charge in [0.15, 0.2) is 0 Å². The second-order valence-electron chi connectivity index (χ2n) is 7.85. The number of fused-ring (bicyclic) bond motifs is 1.